The Labute approximate surface area is 175 Å². The van der Waals surface area contributed by atoms with Crippen molar-refractivity contribution in [2.24, 2.45) is 0 Å². The lowest BCUT2D eigenvalue weighted by Gasteiger charge is -2.37. The number of nitrogens with zero attached hydrogens (tertiary/aromatic N) is 3. The first-order chi connectivity index (χ1) is 14.3. The molecule has 3 heterocycles. The number of anilines is 1. The zero-order valence-corrected chi connectivity index (χ0v) is 17.5. The number of hydrogen-bond donors (Lipinski definition) is 1. The summed E-state index contributed by atoms with van der Waals surface area (Å²) in [5.41, 5.74) is 3.28. The van der Waals surface area contributed by atoms with E-state index >= 15 is 0 Å². The van der Waals surface area contributed by atoms with Gasteiger partial charge in [-0.25, -0.2) is 0 Å². The molecule has 1 N–H and O–H groups in total. The number of pyridine rings is 1. The van der Waals surface area contributed by atoms with Crippen molar-refractivity contribution in [2.75, 3.05) is 39.2 Å². The number of aromatic nitrogens is 1. The van der Waals surface area contributed by atoms with Gasteiger partial charge in [0.2, 0.25) is 11.5 Å². The lowest BCUT2D eigenvalue weighted by Crippen LogP contribution is -2.45. The summed E-state index contributed by atoms with van der Waals surface area (Å²) in [7, 11) is 5.37. The molecule has 158 valence electrons. The Morgan fingerprint density at radius 3 is 2.80 bits per heavy atom. The minimum Gasteiger partial charge on any atom is -0.489 e. The number of amides is 2. The number of nitrogens with one attached hydrogen (secondary N) is 1. The minimum atomic E-state index is -0.119. The third-order valence-corrected chi connectivity index (χ3v) is 5.85. The van der Waals surface area contributed by atoms with Crippen LogP contribution in [0.25, 0.3) is 0 Å². The van der Waals surface area contributed by atoms with Crippen molar-refractivity contribution in [3.8, 4) is 5.75 Å². The summed E-state index contributed by atoms with van der Waals surface area (Å²) in [5.74, 6) is 0.693. The van der Waals surface area contributed by atoms with Crippen LogP contribution in [0, 0.1) is 0 Å². The molecule has 8 nitrogen and oxygen atoms in total. The number of benzene rings is 1. The Bertz CT molecular complexity index is 1050. The average Bonchev–Trinajstić information content (AvgIpc) is 2.74. The number of fused-ring (bicyclic) bond motifs is 2. The van der Waals surface area contributed by atoms with E-state index in [0.29, 0.717) is 43.9 Å². The first kappa shape index (κ1) is 20.0. The van der Waals surface area contributed by atoms with E-state index < -0.39 is 0 Å². The smallest absolute Gasteiger partial charge is 0.253 e. The predicted molar refractivity (Wildman–Crippen MR) is 113 cm³/mol. The molecule has 1 aromatic heterocycles. The molecule has 1 unspecified atom stereocenters. The van der Waals surface area contributed by atoms with Crippen molar-refractivity contribution in [3.63, 3.8) is 0 Å². The first-order valence-electron chi connectivity index (χ1n) is 10.0. The monoisotopic (exact) mass is 410 g/mol. The van der Waals surface area contributed by atoms with Crippen molar-refractivity contribution < 1.29 is 14.3 Å². The van der Waals surface area contributed by atoms with E-state index in [4.69, 9.17) is 4.74 Å². The van der Waals surface area contributed by atoms with E-state index in [1.54, 1.807) is 32.4 Å². The van der Waals surface area contributed by atoms with Gasteiger partial charge in [-0.2, -0.15) is 0 Å². The molecule has 0 saturated heterocycles. The summed E-state index contributed by atoms with van der Waals surface area (Å²) >= 11 is 0. The summed E-state index contributed by atoms with van der Waals surface area (Å²) in [4.78, 5) is 44.8. The van der Waals surface area contributed by atoms with Crippen LogP contribution in [0.5, 0.6) is 5.75 Å². The molecule has 1 aromatic carbocycles. The molecule has 30 heavy (non-hydrogen) atoms. The molecule has 2 aliphatic heterocycles. The van der Waals surface area contributed by atoms with Gasteiger partial charge in [0.1, 0.15) is 12.4 Å². The van der Waals surface area contributed by atoms with Crippen molar-refractivity contribution >= 4 is 17.5 Å². The van der Waals surface area contributed by atoms with Crippen LogP contribution in [0.1, 0.15) is 27.9 Å². The number of carbonyl (C=O) groups is 2. The normalized spacial score (nSPS) is 17.6. The van der Waals surface area contributed by atoms with Gasteiger partial charge in [-0.3, -0.25) is 14.4 Å². The van der Waals surface area contributed by atoms with E-state index in [0.717, 1.165) is 16.8 Å². The maximum atomic E-state index is 13.0. The maximum Gasteiger partial charge on any atom is 0.253 e. The van der Waals surface area contributed by atoms with Crippen molar-refractivity contribution in [2.45, 2.75) is 25.4 Å². The van der Waals surface area contributed by atoms with E-state index in [1.807, 2.05) is 29.0 Å². The quantitative estimate of drug-likeness (QED) is 0.823. The van der Waals surface area contributed by atoms with Crippen LogP contribution in [0.4, 0.5) is 5.69 Å². The topological polar surface area (TPSA) is 86.0 Å². The number of H-pyrrole nitrogens is 1. The zero-order chi connectivity index (χ0) is 21.4. The average molecular weight is 410 g/mol. The second-order valence-corrected chi connectivity index (χ2v) is 8.07. The highest BCUT2D eigenvalue weighted by Gasteiger charge is 2.30. The fourth-order valence-electron chi connectivity index (χ4n) is 4.00. The van der Waals surface area contributed by atoms with Crippen LogP contribution >= 0.6 is 0 Å². The van der Waals surface area contributed by atoms with Crippen LogP contribution in [0.3, 0.4) is 0 Å². The molecular formula is C22H26N4O4. The molecule has 0 aliphatic carbocycles. The first-order valence-corrected chi connectivity index (χ1v) is 10.0. The molecule has 0 saturated carbocycles. The number of hydrogen-bond acceptors (Lipinski definition) is 5. The molecule has 8 heteroatoms. The zero-order valence-electron chi connectivity index (χ0n) is 17.5. The number of carbonyl (C=O) groups excluding carboxylic acids is 2. The number of rotatable bonds is 3. The molecule has 0 fully saturated rings. The fraction of sp³-hybridized carbons (Fsp3) is 0.409. The number of likely N-dealkylation sites (N-methyl/N-ethyl adjacent to an activating group) is 1. The lowest BCUT2D eigenvalue weighted by atomic mass is 10.0. The van der Waals surface area contributed by atoms with Gasteiger partial charge in [0.15, 0.2) is 0 Å². The van der Waals surface area contributed by atoms with Gasteiger partial charge in [0, 0.05) is 52.1 Å². The molecule has 2 amide bonds. The molecule has 4 rings (SSSR count). The van der Waals surface area contributed by atoms with Gasteiger partial charge in [0.05, 0.1) is 18.2 Å². The molecule has 0 radical (unpaired) electrons. The van der Waals surface area contributed by atoms with E-state index in [-0.39, 0.29) is 23.4 Å². The van der Waals surface area contributed by atoms with Gasteiger partial charge >= 0.3 is 0 Å². The molecule has 0 spiro atoms. The van der Waals surface area contributed by atoms with E-state index in [2.05, 4.69) is 4.98 Å². The second kappa shape index (κ2) is 7.85. The molecule has 2 aromatic rings. The van der Waals surface area contributed by atoms with Crippen LogP contribution in [-0.4, -0.2) is 66.9 Å². The summed E-state index contributed by atoms with van der Waals surface area (Å²) in [5, 5.41) is 0. The Balaban J connectivity index is 1.47. The van der Waals surface area contributed by atoms with Crippen molar-refractivity contribution in [3.05, 3.63) is 57.5 Å². The highest BCUT2D eigenvalue weighted by Crippen LogP contribution is 2.35. The van der Waals surface area contributed by atoms with Crippen LogP contribution in [0.15, 0.2) is 35.3 Å². The Morgan fingerprint density at radius 1 is 1.23 bits per heavy atom. The lowest BCUT2D eigenvalue weighted by molar-refractivity contribution is -0.132. The third kappa shape index (κ3) is 3.77. The van der Waals surface area contributed by atoms with Gasteiger partial charge in [-0.05, 0) is 35.7 Å². The summed E-state index contributed by atoms with van der Waals surface area (Å²) in [6.07, 6.45) is 2.70. The fourth-order valence-corrected chi connectivity index (χ4v) is 4.00. The van der Waals surface area contributed by atoms with Crippen LogP contribution in [-0.2, 0) is 17.8 Å². The Kier molecular flexibility index (Phi) is 5.24. The third-order valence-electron chi connectivity index (χ3n) is 5.85. The SMILES string of the molecule is CN(C)C(=O)c1ccc2c(c1)N(C)C(CC(=O)N1CCc3cc(=O)[nH]cc3C1)CO2. The van der Waals surface area contributed by atoms with E-state index in [1.165, 1.54) is 4.90 Å². The van der Waals surface area contributed by atoms with Crippen LogP contribution < -0.4 is 15.2 Å². The van der Waals surface area contributed by atoms with Crippen LogP contribution in [0.2, 0.25) is 0 Å². The van der Waals surface area contributed by atoms with Gasteiger partial charge in [0.25, 0.3) is 5.91 Å². The largest absolute Gasteiger partial charge is 0.489 e. The number of aromatic amines is 1. The van der Waals surface area contributed by atoms with Crippen molar-refractivity contribution in [1.82, 2.24) is 14.8 Å². The van der Waals surface area contributed by atoms with Gasteiger partial charge < -0.3 is 24.4 Å². The predicted octanol–water partition coefficient (Wildman–Crippen LogP) is 1.25. The maximum absolute atomic E-state index is 13.0. The number of ether oxygens (including phenoxy) is 1. The Morgan fingerprint density at radius 2 is 2.03 bits per heavy atom. The standard InChI is InChI=1S/C22H26N4O4/c1-24(2)22(29)15-4-5-19-18(8-15)25(3)17(13-30-19)10-21(28)26-7-6-14-9-20(27)23-11-16(14)12-26/h4-5,8-9,11,17H,6-7,10,12-13H2,1-3H3,(H,23,27). The second-order valence-electron chi connectivity index (χ2n) is 8.07. The van der Waals surface area contributed by atoms with Gasteiger partial charge in [-0.1, -0.05) is 0 Å². The summed E-state index contributed by atoms with van der Waals surface area (Å²) in [6.45, 7) is 1.51. The molecule has 1 atom stereocenters. The van der Waals surface area contributed by atoms with E-state index in [9.17, 15) is 14.4 Å². The Hall–Kier alpha value is -3.29. The van der Waals surface area contributed by atoms with Crippen molar-refractivity contribution in [1.29, 1.82) is 0 Å². The van der Waals surface area contributed by atoms with Gasteiger partial charge in [-0.15, -0.1) is 0 Å². The highest BCUT2D eigenvalue weighted by atomic mass is 16.5. The summed E-state index contributed by atoms with van der Waals surface area (Å²) < 4.78 is 5.88. The molecule has 2 aliphatic rings. The summed E-state index contributed by atoms with van der Waals surface area (Å²) in [6, 6.07) is 6.89. The highest BCUT2D eigenvalue weighted by molar-refractivity contribution is 5.95. The molecular weight excluding hydrogens is 384 g/mol. The minimum absolute atomic E-state index is 0.0521. The molecule has 0 bridgehead atoms.